The van der Waals surface area contributed by atoms with Crippen molar-refractivity contribution in [3.8, 4) is 22.3 Å². The summed E-state index contributed by atoms with van der Waals surface area (Å²) in [4.78, 5) is 9.95. The molecule has 0 N–H and O–H groups in total. The molecule has 1 heterocycles. The monoisotopic (exact) mass is 429 g/mol. The molecule has 0 atom stereocenters. The maximum absolute atomic E-state index is 5.08. The van der Waals surface area contributed by atoms with E-state index in [0.29, 0.717) is 0 Å². The van der Waals surface area contributed by atoms with Gasteiger partial charge in [-0.05, 0) is 43.0 Å². The largest absolute Gasteiger partial charge is 0.326 e. The maximum Gasteiger partial charge on any atom is 0.152 e. The van der Waals surface area contributed by atoms with Crippen molar-refractivity contribution in [3.63, 3.8) is 0 Å². The third kappa shape index (κ3) is 3.87. The van der Waals surface area contributed by atoms with E-state index in [0.717, 1.165) is 33.7 Å². The van der Waals surface area contributed by atoms with Crippen LogP contribution in [0.25, 0.3) is 33.3 Å². The lowest BCUT2D eigenvalue weighted by molar-refractivity contribution is 0.935. The smallest absolute Gasteiger partial charge is 0.152 e. The Balaban J connectivity index is 1.72. The molecule has 0 aliphatic heterocycles. The summed E-state index contributed by atoms with van der Waals surface area (Å²) in [5, 5.41) is 0. The number of rotatable bonds is 4. The molecule has 0 aliphatic rings. The van der Waals surface area contributed by atoms with Crippen LogP contribution < -0.4 is 0 Å². The van der Waals surface area contributed by atoms with Crippen molar-refractivity contribution in [3.05, 3.63) is 107 Å². The van der Waals surface area contributed by atoms with Gasteiger partial charge in [0.2, 0.25) is 0 Å². The van der Waals surface area contributed by atoms with Gasteiger partial charge in [-0.2, -0.15) is 0 Å². The second kappa shape index (κ2) is 8.51. The molecule has 1 aromatic heterocycles. The van der Waals surface area contributed by atoms with E-state index in [-0.39, 0.29) is 0 Å². The third-order valence-corrected chi connectivity index (χ3v) is 6.17. The molecule has 5 rings (SSSR count). The Morgan fingerprint density at radius 3 is 1.88 bits per heavy atom. The second-order valence-corrected chi connectivity index (χ2v) is 8.62. The Morgan fingerprint density at radius 2 is 1.27 bits per heavy atom. The number of aromatic nitrogens is 2. The summed E-state index contributed by atoms with van der Waals surface area (Å²) in [6, 6.07) is 29.7. The molecule has 0 fully saturated rings. The van der Waals surface area contributed by atoms with Crippen LogP contribution in [0.2, 0.25) is 0 Å². The van der Waals surface area contributed by atoms with Crippen LogP contribution in [0.5, 0.6) is 0 Å². The summed E-state index contributed by atoms with van der Waals surface area (Å²) in [5.74, 6) is 0.838. The fourth-order valence-corrected chi connectivity index (χ4v) is 4.65. The highest BCUT2D eigenvalue weighted by Crippen LogP contribution is 2.35. The van der Waals surface area contributed by atoms with E-state index in [1.807, 2.05) is 18.3 Å². The molecule has 0 saturated heterocycles. The maximum atomic E-state index is 5.08. The zero-order chi connectivity index (χ0) is 22.9. The van der Waals surface area contributed by atoms with E-state index in [1.165, 1.54) is 27.8 Å². The summed E-state index contributed by atoms with van der Waals surface area (Å²) in [6.07, 6.45) is 1.90. The van der Waals surface area contributed by atoms with E-state index in [1.54, 1.807) is 0 Å². The highest BCUT2D eigenvalue weighted by Gasteiger charge is 2.16. The van der Waals surface area contributed by atoms with Crippen molar-refractivity contribution >= 4 is 22.9 Å². The quantitative estimate of drug-likeness (QED) is 0.271. The summed E-state index contributed by atoms with van der Waals surface area (Å²) < 4.78 is 2.16. The molecule has 5 aromatic rings. The average Bonchev–Trinajstić information content (AvgIpc) is 3.15. The molecule has 4 aromatic carbocycles. The Bertz CT molecular complexity index is 1450. The lowest BCUT2D eigenvalue weighted by Gasteiger charge is -2.10. The molecule has 3 nitrogen and oxygen atoms in total. The molecule has 0 spiro atoms. The van der Waals surface area contributed by atoms with Crippen LogP contribution in [-0.4, -0.2) is 15.8 Å². The standard InChI is InChI=1S/C30H27N3/c1-20-17-21(2)28(22(3)18-20)31-19-27-32-29-25(23-11-7-5-8-12-23)15-16-26(30(29)33(27)4)24-13-9-6-10-14-24/h5-19H,1-4H3/b31-19+. The van der Waals surface area contributed by atoms with Crippen LogP contribution >= 0.6 is 0 Å². The van der Waals surface area contributed by atoms with Gasteiger partial charge in [-0.25, -0.2) is 4.98 Å². The molecule has 0 unspecified atom stereocenters. The van der Waals surface area contributed by atoms with E-state index in [9.17, 15) is 0 Å². The first kappa shape index (κ1) is 20.9. The van der Waals surface area contributed by atoms with Gasteiger partial charge in [-0.3, -0.25) is 4.99 Å². The Labute approximate surface area is 195 Å². The van der Waals surface area contributed by atoms with Gasteiger partial charge in [0.05, 0.1) is 22.9 Å². The molecule has 0 radical (unpaired) electrons. The molecule has 0 aliphatic carbocycles. The zero-order valence-corrected chi connectivity index (χ0v) is 19.5. The lowest BCUT2D eigenvalue weighted by atomic mass is 9.98. The molecule has 162 valence electrons. The summed E-state index contributed by atoms with van der Waals surface area (Å²) in [5.41, 5.74) is 11.4. The summed E-state index contributed by atoms with van der Waals surface area (Å²) >= 11 is 0. The van der Waals surface area contributed by atoms with E-state index >= 15 is 0 Å². The van der Waals surface area contributed by atoms with Crippen molar-refractivity contribution in [2.45, 2.75) is 20.8 Å². The van der Waals surface area contributed by atoms with Crippen LogP contribution in [0.4, 0.5) is 5.69 Å². The molecular formula is C30H27N3. The van der Waals surface area contributed by atoms with Gasteiger partial charge in [-0.15, -0.1) is 0 Å². The minimum absolute atomic E-state index is 0.838. The van der Waals surface area contributed by atoms with Crippen molar-refractivity contribution in [1.82, 2.24) is 9.55 Å². The number of fused-ring (bicyclic) bond motifs is 1. The molecular weight excluding hydrogens is 402 g/mol. The predicted octanol–water partition coefficient (Wildman–Crippen LogP) is 7.58. The fourth-order valence-electron chi connectivity index (χ4n) is 4.65. The predicted molar refractivity (Wildman–Crippen MR) is 139 cm³/mol. The van der Waals surface area contributed by atoms with Crippen LogP contribution in [0.1, 0.15) is 22.5 Å². The molecule has 0 amide bonds. The van der Waals surface area contributed by atoms with Crippen molar-refractivity contribution in [2.75, 3.05) is 0 Å². The summed E-state index contributed by atoms with van der Waals surface area (Å²) in [7, 11) is 2.08. The van der Waals surface area contributed by atoms with Gasteiger partial charge in [0.25, 0.3) is 0 Å². The average molecular weight is 430 g/mol. The number of imidazole rings is 1. The van der Waals surface area contributed by atoms with Gasteiger partial charge in [0.1, 0.15) is 0 Å². The highest BCUT2D eigenvalue weighted by molar-refractivity contribution is 6.03. The van der Waals surface area contributed by atoms with E-state index < -0.39 is 0 Å². The number of hydrogen-bond acceptors (Lipinski definition) is 2. The number of aryl methyl sites for hydroxylation is 4. The number of nitrogens with zero attached hydrogens (tertiary/aromatic N) is 3. The lowest BCUT2D eigenvalue weighted by Crippen LogP contribution is -1.97. The van der Waals surface area contributed by atoms with Crippen molar-refractivity contribution in [2.24, 2.45) is 12.0 Å². The first-order valence-electron chi connectivity index (χ1n) is 11.2. The Hall–Kier alpha value is -3.98. The topological polar surface area (TPSA) is 30.2 Å². The van der Waals surface area contributed by atoms with Gasteiger partial charge >= 0.3 is 0 Å². The first-order valence-corrected chi connectivity index (χ1v) is 11.2. The molecule has 33 heavy (non-hydrogen) atoms. The minimum Gasteiger partial charge on any atom is -0.326 e. The number of hydrogen-bond donors (Lipinski definition) is 0. The molecule has 0 bridgehead atoms. The highest BCUT2D eigenvalue weighted by atomic mass is 15.1. The van der Waals surface area contributed by atoms with Crippen LogP contribution in [0.15, 0.2) is 89.9 Å². The van der Waals surface area contributed by atoms with Gasteiger partial charge in [0, 0.05) is 18.2 Å². The SMILES string of the molecule is Cc1cc(C)c(/N=C/c2nc3c(-c4ccccc4)ccc(-c4ccccc4)c3n2C)c(C)c1. The molecule has 0 saturated carbocycles. The first-order chi connectivity index (χ1) is 16.0. The Kier molecular flexibility index (Phi) is 5.39. The molecule has 3 heteroatoms. The zero-order valence-electron chi connectivity index (χ0n) is 19.5. The van der Waals surface area contributed by atoms with Gasteiger partial charge < -0.3 is 4.57 Å². The normalized spacial score (nSPS) is 11.5. The number of aliphatic imine (C=N–C) groups is 1. The van der Waals surface area contributed by atoms with Crippen LogP contribution in [0.3, 0.4) is 0 Å². The minimum atomic E-state index is 0.838. The fraction of sp³-hybridized carbons (Fsp3) is 0.133. The second-order valence-electron chi connectivity index (χ2n) is 8.62. The van der Waals surface area contributed by atoms with Gasteiger partial charge in [0.15, 0.2) is 5.82 Å². The van der Waals surface area contributed by atoms with Crippen molar-refractivity contribution in [1.29, 1.82) is 0 Å². The number of benzene rings is 4. The van der Waals surface area contributed by atoms with Crippen LogP contribution in [0, 0.1) is 20.8 Å². The Morgan fingerprint density at radius 1 is 0.727 bits per heavy atom. The third-order valence-electron chi connectivity index (χ3n) is 6.17. The van der Waals surface area contributed by atoms with Crippen LogP contribution in [-0.2, 0) is 7.05 Å². The summed E-state index contributed by atoms with van der Waals surface area (Å²) in [6.45, 7) is 6.35. The van der Waals surface area contributed by atoms with E-state index in [2.05, 4.69) is 105 Å². The van der Waals surface area contributed by atoms with Gasteiger partial charge in [-0.1, -0.05) is 90.5 Å². The van der Waals surface area contributed by atoms with Crippen molar-refractivity contribution < 1.29 is 0 Å². The van der Waals surface area contributed by atoms with E-state index in [4.69, 9.17) is 9.98 Å².